The van der Waals surface area contributed by atoms with Crippen molar-refractivity contribution in [3.05, 3.63) is 63.9 Å². The maximum atomic E-state index is 13.6. The third-order valence-corrected chi connectivity index (χ3v) is 3.23. The first kappa shape index (κ1) is 15.1. The lowest BCUT2D eigenvalue weighted by Crippen LogP contribution is -2.30. The number of nitrogens with two attached hydrogens (primary N) is 1. The van der Waals surface area contributed by atoms with E-state index in [0.717, 1.165) is 0 Å². The SMILES string of the molecule is NC(COc1cccc(Cl)c1)Cc1ccc(Cl)cc1F. The van der Waals surface area contributed by atoms with E-state index in [9.17, 15) is 4.39 Å². The summed E-state index contributed by atoms with van der Waals surface area (Å²) in [5.74, 6) is 0.292. The van der Waals surface area contributed by atoms with Gasteiger partial charge in [0.05, 0.1) is 0 Å². The molecule has 2 N–H and O–H groups in total. The fourth-order valence-electron chi connectivity index (χ4n) is 1.79. The zero-order valence-electron chi connectivity index (χ0n) is 10.7. The average Bonchev–Trinajstić information content (AvgIpc) is 2.40. The highest BCUT2D eigenvalue weighted by atomic mass is 35.5. The molecule has 2 rings (SSSR count). The summed E-state index contributed by atoms with van der Waals surface area (Å²) in [5.41, 5.74) is 6.47. The molecule has 1 atom stereocenters. The molecule has 0 saturated heterocycles. The lowest BCUT2D eigenvalue weighted by molar-refractivity contribution is 0.287. The van der Waals surface area contributed by atoms with Gasteiger partial charge in [-0.3, -0.25) is 0 Å². The summed E-state index contributed by atoms with van der Waals surface area (Å²) in [7, 11) is 0. The standard InChI is InChI=1S/C15H14Cl2FNO/c16-11-2-1-3-14(7-11)20-9-13(19)6-10-4-5-12(17)8-15(10)18/h1-5,7-8,13H,6,9,19H2. The molecule has 20 heavy (non-hydrogen) atoms. The van der Waals surface area contributed by atoms with E-state index < -0.39 is 0 Å². The average molecular weight is 314 g/mol. The van der Waals surface area contributed by atoms with Crippen LogP contribution in [0.3, 0.4) is 0 Å². The van der Waals surface area contributed by atoms with Crippen LogP contribution in [0.4, 0.5) is 4.39 Å². The van der Waals surface area contributed by atoms with Gasteiger partial charge >= 0.3 is 0 Å². The third kappa shape index (κ3) is 4.37. The Morgan fingerprint density at radius 3 is 2.55 bits per heavy atom. The molecule has 2 aromatic carbocycles. The molecule has 2 aromatic rings. The number of ether oxygens (including phenoxy) is 1. The molecule has 0 aromatic heterocycles. The summed E-state index contributed by atoms with van der Waals surface area (Å²) in [6.45, 7) is 0.280. The van der Waals surface area contributed by atoms with Crippen molar-refractivity contribution in [2.45, 2.75) is 12.5 Å². The summed E-state index contributed by atoms with van der Waals surface area (Å²) in [6, 6.07) is 11.3. The Kier molecular flexibility index (Phi) is 5.24. The molecular weight excluding hydrogens is 300 g/mol. The number of rotatable bonds is 5. The highest BCUT2D eigenvalue weighted by Crippen LogP contribution is 2.18. The molecule has 0 bridgehead atoms. The topological polar surface area (TPSA) is 35.2 Å². The lowest BCUT2D eigenvalue weighted by Gasteiger charge is -2.14. The van der Waals surface area contributed by atoms with Crippen LogP contribution in [0.1, 0.15) is 5.56 Å². The fraction of sp³-hybridized carbons (Fsp3) is 0.200. The second kappa shape index (κ2) is 6.93. The molecule has 0 aliphatic rings. The van der Waals surface area contributed by atoms with Crippen LogP contribution >= 0.6 is 23.2 Å². The van der Waals surface area contributed by atoms with E-state index in [1.807, 2.05) is 0 Å². The summed E-state index contributed by atoms with van der Waals surface area (Å²) < 4.78 is 19.2. The molecule has 0 aliphatic heterocycles. The third-order valence-electron chi connectivity index (χ3n) is 2.76. The Balaban J connectivity index is 1.90. The van der Waals surface area contributed by atoms with Crippen LogP contribution in [0.15, 0.2) is 42.5 Å². The Bertz CT molecular complexity index is 592. The molecule has 0 fully saturated rings. The number of benzene rings is 2. The maximum absolute atomic E-state index is 13.6. The number of hydrogen-bond donors (Lipinski definition) is 1. The van der Waals surface area contributed by atoms with Gasteiger partial charge in [0, 0.05) is 16.1 Å². The fourth-order valence-corrected chi connectivity index (χ4v) is 2.13. The molecule has 0 amide bonds. The van der Waals surface area contributed by atoms with Crippen LogP contribution in [-0.2, 0) is 6.42 Å². The summed E-state index contributed by atoms with van der Waals surface area (Å²) >= 11 is 11.6. The van der Waals surface area contributed by atoms with E-state index in [2.05, 4.69) is 0 Å². The normalized spacial score (nSPS) is 12.2. The first-order valence-corrected chi connectivity index (χ1v) is 6.88. The van der Waals surface area contributed by atoms with Crippen LogP contribution in [0, 0.1) is 5.82 Å². The predicted molar refractivity (Wildman–Crippen MR) is 80.0 cm³/mol. The van der Waals surface area contributed by atoms with Crippen molar-refractivity contribution in [3.63, 3.8) is 0 Å². The van der Waals surface area contributed by atoms with Crippen LogP contribution < -0.4 is 10.5 Å². The lowest BCUT2D eigenvalue weighted by atomic mass is 10.1. The van der Waals surface area contributed by atoms with Crippen LogP contribution in [-0.4, -0.2) is 12.6 Å². The van der Waals surface area contributed by atoms with Crippen LogP contribution in [0.2, 0.25) is 10.0 Å². The minimum Gasteiger partial charge on any atom is -0.492 e. The van der Waals surface area contributed by atoms with E-state index >= 15 is 0 Å². The Morgan fingerprint density at radius 1 is 1.10 bits per heavy atom. The monoisotopic (exact) mass is 313 g/mol. The van der Waals surface area contributed by atoms with E-state index in [4.69, 9.17) is 33.7 Å². The summed E-state index contributed by atoms with van der Waals surface area (Å²) in [6.07, 6.45) is 0.379. The predicted octanol–water partition coefficient (Wildman–Crippen LogP) is 4.08. The zero-order chi connectivity index (χ0) is 14.5. The van der Waals surface area contributed by atoms with Gasteiger partial charge in [-0.25, -0.2) is 4.39 Å². The van der Waals surface area contributed by atoms with Crippen molar-refractivity contribution in [1.29, 1.82) is 0 Å². The molecular formula is C15H14Cl2FNO. The molecule has 0 aliphatic carbocycles. The van der Waals surface area contributed by atoms with E-state index in [1.54, 1.807) is 36.4 Å². The van der Waals surface area contributed by atoms with E-state index in [0.29, 0.717) is 27.8 Å². The van der Waals surface area contributed by atoms with E-state index in [-0.39, 0.29) is 18.5 Å². The second-order valence-electron chi connectivity index (χ2n) is 4.47. The van der Waals surface area contributed by atoms with Crippen molar-refractivity contribution in [3.8, 4) is 5.75 Å². The molecule has 0 spiro atoms. The minimum atomic E-state index is -0.351. The molecule has 2 nitrogen and oxygen atoms in total. The quantitative estimate of drug-likeness (QED) is 0.902. The Morgan fingerprint density at radius 2 is 1.85 bits per heavy atom. The van der Waals surface area contributed by atoms with Gasteiger partial charge in [-0.1, -0.05) is 35.3 Å². The van der Waals surface area contributed by atoms with Crippen molar-refractivity contribution in [2.75, 3.05) is 6.61 Å². The Labute approximate surface area is 127 Å². The molecule has 0 heterocycles. The largest absolute Gasteiger partial charge is 0.492 e. The van der Waals surface area contributed by atoms with Crippen molar-refractivity contribution < 1.29 is 9.13 Å². The van der Waals surface area contributed by atoms with Crippen molar-refractivity contribution >= 4 is 23.2 Å². The number of hydrogen-bond acceptors (Lipinski definition) is 2. The van der Waals surface area contributed by atoms with Crippen LogP contribution in [0.5, 0.6) is 5.75 Å². The molecule has 0 radical (unpaired) electrons. The van der Waals surface area contributed by atoms with Gasteiger partial charge in [-0.15, -0.1) is 0 Å². The maximum Gasteiger partial charge on any atom is 0.127 e. The van der Waals surface area contributed by atoms with Gasteiger partial charge < -0.3 is 10.5 Å². The zero-order valence-corrected chi connectivity index (χ0v) is 12.2. The highest BCUT2D eigenvalue weighted by molar-refractivity contribution is 6.30. The van der Waals surface area contributed by atoms with Gasteiger partial charge in [0.15, 0.2) is 0 Å². The van der Waals surface area contributed by atoms with E-state index in [1.165, 1.54) is 6.07 Å². The summed E-state index contributed by atoms with van der Waals surface area (Å²) in [4.78, 5) is 0. The minimum absolute atomic E-state index is 0.280. The van der Waals surface area contributed by atoms with Gasteiger partial charge in [-0.05, 0) is 42.3 Å². The Hall–Kier alpha value is -1.29. The first-order chi connectivity index (χ1) is 9.54. The summed E-state index contributed by atoms with van der Waals surface area (Å²) in [5, 5.41) is 0.967. The van der Waals surface area contributed by atoms with Gasteiger partial charge in [-0.2, -0.15) is 0 Å². The van der Waals surface area contributed by atoms with Crippen LogP contribution in [0.25, 0.3) is 0 Å². The molecule has 0 saturated carbocycles. The molecule has 106 valence electrons. The van der Waals surface area contributed by atoms with Gasteiger partial charge in [0.1, 0.15) is 18.2 Å². The van der Waals surface area contributed by atoms with Gasteiger partial charge in [0.25, 0.3) is 0 Å². The number of halogens is 3. The molecule has 1 unspecified atom stereocenters. The van der Waals surface area contributed by atoms with Crippen molar-refractivity contribution in [1.82, 2.24) is 0 Å². The first-order valence-electron chi connectivity index (χ1n) is 6.12. The van der Waals surface area contributed by atoms with Gasteiger partial charge in [0.2, 0.25) is 0 Å². The highest BCUT2D eigenvalue weighted by Gasteiger charge is 2.10. The van der Waals surface area contributed by atoms with Crippen molar-refractivity contribution in [2.24, 2.45) is 5.73 Å². The second-order valence-corrected chi connectivity index (χ2v) is 5.34. The smallest absolute Gasteiger partial charge is 0.127 e. The molecule has 5 heteroatoms.